The molecule has 82 valence electrons. The Morgan fingerprint density at radius 2 is 1.80 bits per heavy atom. The SMILES string of the molecule is CCCC1(c2ccc(O)cc2)OCCO1. The van der Waals surface area contributed by atoms with Crippen LogP contribution in [0.5, 0.6) is 5.75 Å². The van der Waals surface area contributed by atoms with Crippen LogP contribution in [-0.4, -0.2) is 18.3 Å². The lowest BCUT2D eigenvalue weighted by molar-refractivity contribution is -0.170. The number of aromatic hydroxyl groups is 1. The van der Waals surface area contributed by atoms with Gasteiger partial charge in [0, 0.05) is 12.0 Å². The molecule has 3 heteroatoms. The number of hydrogen-bond donors (Lipinski definition) is 1. The van der Waals surface area contributed by atoms with Crippen LogP contribution in [0.1, 0.15) is 25.3 Å². The molecule has 15 heavy (non-hydrogen) atoms. The third-order valence-electron chi connectivity index (χ3n) is 2.64. The maximum atomic E-state index is 9.23. The van der Waals surface area contributed by atoms with Gasteiger partial charge in [0.25, 0.3) is 0 Å². The van der Waals surface area contributed by atoms with Crippen LogP contribution in [-0.2, 0) is 15.3 Å². The van der Waals surface area contributed by atoms with Gasteiger partial charge in [-0.2, -0.15) is 0 Å². The van der Waals surface area contributed by atoms with Crippen molar-refractivity contribution in [3.63, 3.8) is 0 Å². The minimum Gasteiger partial charge on any atom is -0.508 e. The van der Waals surface area contributed by atoms with Gasteiger partial charge < -0.3 is 14.6 Å². The maximum Gasteiger partial charge on any atom is 0.194 e. The fourth-order valence-electron chi connectivity index (χ4n) is 1.95. The van der Waals surface area contributed by atoms with Crippen LogP contribution in [0.15, 0.2) is 24.3 Å². The molecule has 3 nitrogen and oxygen atoms in total. The highest BCUT2D eigenvalue weighted by Crippen LogP contribution is 2.36. The largest absolute Gasteiger partial charge is 0.508 e. The van der Waals surface area contributed by atoms with Crippen molar-refractivity contribution in [1.82, 2.24) is 0 Å². The highest BCUT2D eigenvalue weighted by molar-refractivity contribution is 5.29. The van der Waals surface area contributed by atoms with E-state index in [0.29, 0.717) is 13.2 Å². The molecule has 0 bridgehead atoms. The minimum atomic E-state index is -0.581. The molecule has 0 amide bonds. The van der Waals surface area contributed by atoms with E-state index in [1.54, 1.807) is 12.1 Å². The Kier molecular flexibility index (Phi) is 2.93. The monoisotopic (exact) mass is 208 g/mol. The first-order chi connectivity index (χ1) is 7.27. The molecule has 0 atom stereocenters. The van der Waals surface area contributed by atoms with Crippen LogP contribution < -0.4 is 0 Å². The van der Waals surface area contributed by atoms with Crippen LogP contribution in [0.4, 0.5) is 0 Å². The average molecular weight is 208 g/mol. The average Bonchev–Trinajstić information content (AvgIpc) is 2.69. The van der Waals surface area contributed by atoms with Crippen molar-refractivity contribution in [2.75, 3.05) is 13.2 Å². The van der Waals surface area contributed by atoms with Gasteiger partial charge in [-0.25, -0.2) is 0 Å². The number of benzene rings is 1. The summed E-state index contributed by atoms with van der Waals surface area (Å²) in [5.41, 5.74) is 0.986. The molecular formula is C12H16O3. The normalized spacial score (nSPS) is 19.3. The highest BCUT2D eigenvalue weighted by atomic mass is 16.7. The molecule has 2 rings (SSSR count). The molecule has 1 N–H and O–H groups in total. The standard InChI is InChI=1S/C12H16O3/c1-2-7-12(14-8-9-15-12)10-3-5-11(13)6-4-10/h3-6,13H,2,7-9H2,1H3. The third kappa shape index (κ3) is 1.98. The Bertz CT molecular complexity index is 312. The van der Waals surface area contributed by atoms with Gasteiger partial charge in [-0.3, -0.25) is 0 Å². The molecule has 1 aliphatic heterocycles. The summed E-state index contributed by atoms with van der Waals surface area (Å²) in [4.78, 5) is 0. The van der Waals surface area contributed by atoms with Crippen molar-refractivity contribution in [3.8, 4) is 5.75 Å². The first kappa shape index (κ1) is 10.5. The summed E-state index contributed by atoms with van der Waals surface area (Å²) < 4.78 is 11.4. The van der Waals surface area contributed by atoms with E-state index in [1.165, 1.54) is 0 Å². The summed E-state index contributed by atoms with van der Waals surface area (Å²) in [5.74, 6) is -0.314. The molecular weight excluding hydrogens is 192 g/mol. The van der Waals surface area contributed by atoms with E-state index in [2.05, 4.69) is 6.92 Å². The van der Waals surface area contributed by atoms with E-state index in [1.807, 2.05) is 12.1 Å². The lowest BCUT2D eigenvalue weighted by atomic mass is 10.0. The van der Waals surface area contributed by atoms with Crippen molar-refractivity contribution in [2.24, 2.45) is 0 Å². The Morgan fingerprint density at radius 3 is 2.33 bits per heavy atom. The molecule has 1 fully saturated rings. The first-order valence-electron chi connectivity index (χ1n) is 5.34. The van der Waals surface area contributed by atoms with Gasteiger partial charge in [0.15, 0.2) is 5.79 Å². The van der Waals surface area contributed by atoms with Crippen molar-refractivity contribution in [1.29, 1.82) is 0 Å². The smallest absolute Gasteiger partial charge is 0.194 e. The van der Waals surface area contributed by atoms with E-state index in [4.69, 9.17) is 9.47 Å². The first-order valence-corrected chi connectivity index (χ1v) is 5.34. The minimum absolute atomic E-state index is 0.267. The molecule has 0 spiro atoms. The van der Waals surface area contributed by atoms with E-state index in [9.17, 15) is 5.11 Å². The van der Waals surface area contributed by atoms with Crippen LogP contribution in [0.2, 0.25) is 0 Å². The number of phenols is 1. The molecule has 1 aromatic rings. The van der Waals surface area contributed by atoms with Crippen molar-refractivity contribution >= 4 is 0 Å². The van der Waals surface area contributed by atoms with E-state index in [-0.39, 0.29) is 5.75 Å². The van der Waals surface area contributed by atoms with Gasteiger partial charge in [-0.05, 0) is 24.3 Å². The quantitative estimate of drug-likeness (QED) is 0.828. The van der Waals surface area contributed by atoms with Gasteiger partial charge in [-0.1, -0.05) is 13.3 Å². The number of rotatable bonds is 3. The Balaban J connectivity index is 2.28. The van der Waals surface area contributed by atoms with Gasteiger partial charge in [0.2, 0.25) is 0 Å². The predicted molar refractivity (Wildman–Crippen MR) is 56.6 cm³/mol. The second-order valence-electron chi connectivity index (χ2n) is 3.75. The van der Waals surface area contributed by atoms with Crippen molar-refractivity contribution < 1.29 is 14.6 Å². The zero-order valence-electron chi connectivity index (χ0n) is 8.90. The zero-order valence-corrected chi connectivity index (χ0v) is 8.90. The van der Waals surface area contributed by atoms with Gasteiger partial charge in [-0.15, -0.1) is 0 Å². The van der Waals surface area contributed by atoms with Crippen LogP contribution in [0.3, 0.4) is 0 Å². The molecule has 1 aromatic carbocycles. The summed E-state index contributed by atoms with van der Waals surface area (Å²) in [6.07, 6.45) is 1.85. The van der Waals surface area contributed by atoms with Crippen molar-refractivity contribution in [2.45, 2.75) is 25.6 Å². The molecule has 0 aromatic heterocycles. The van der Waals surface area contributed by atoms with Gasteiger partial charge in [0.1, 0.15) is 5.75 Å². The third-order valence-corrected chi connectivity index (χ3v) is 2.64. The Labute approximate surface area is 89.6 Å². The zero-order chi connectivity index (χ0) is 10.7. The fraction of sp³-hybridized carbons (Fsp3) is 0.500. The van der Waals surface area contributed by atoms with Crippen LogP contribution in [0.25, 0.3) is 0 Å². The van der Waals surface area contributed by atoms with Crippen molar-refractivity contribution in [3.05, 3.63) is 29.8 Å². The second kappa shape index (κ2) is 4.21. The van der Waals surface area contributed by atoms with Crippen LogP contribution >= 0.6 is 0 Å². The van der Waals surface area contributed by atoms with Crippen LogP contribution in [0, 0.1) is 0 Å². The number of phenolic OH excluding ortho intramolecular Hbond substituents is 1. The maximum absolute atomic E-state index is 9.23. The summed E-state index contributed by atoms with van der Waals surface area (Å²) in [7, 11) is 0. The van der Waals surface area contributed by atoms with E-state index in [0.717, 1.165) is 18.4 Å². The predicted octanol–water partition coefficient (Wildman–Crippen LogP) is 2.39. The molecule has 1 aliphatic rings. The molecule has 0 saturated carbocycles. The number of hydrogen-bond acceptors (Lipinski definition) is 3. The van der Waals surface area contributed by atoms with Gasteiger partial charge >= 0.3 is 0 Å². The summed E-state index contributed by atoms with van der Waals surface area (Å²) in [5, 5.41) is 9.23. The lowest BCUT2D eigenvalue weighted by Crippen LogP contribution is -2.26. The topological polar surface area (TPSA) is 38.7 Å². The fourth-order valence-corrected chi connectivity index (χ4v) is 1.95. The molecule has 0 radical (unpaired) electrons. The van der Waals surface area contributed by atoms with E-state index < -0.39 is 5.79 Å². The molecule has 0 unspecified atom stereocenters. The second-order valence-corrected chi connectivity index (χ2v) is 3.75. The molecule has 1 heterocycles. The number of ether oxygens (including phenoxy) is 2. The molecule has 0 aliphatic carbocycles. The molecule has 1 saturated heterocycles. The van der Waals surface area contributed by atoms with Gasteiger partial charge in [0.05, 0.1) is 13.2 Å². The highest BCUT2D eigenvalue weighted by Gasteiger charge is 2.37. The Morgan fingerprint density at radius 1 is 1.20 bits per heavy atom. The summed E-state index contributed by atoms with van der Waals surface area (Å²) in [6.45, 7) is 3.38. The Hall–Kier alpha value is -1.06. The lowest BCUT2D eigenvalue weighted by Gasteiger charge is -2.27. The summed E-state index contributed by atoms with van der Waals surface area (Å²) >= 11 is 0. The summed E-state index contributed by atoms with van der Waals surface area (Å²) in [6, 6.07) is 7.04. The van der Waals surface area contributed by atoms with E-state index >= 15 is 0 Å².